The molecule has 0 spiro atoms. The molecule has 25 heavy (non-hydrogen) atoms. The molecule has 6 nitrogen and oxygen atoms in total. The first kappa shape index (κ1) is 18.8. The number of hydrogen-bond donors (Lipinski definition) is 1. The zero-order valence-electron chi connectivity index (χ0n) is 13.2. The van der Waals surface area contributed by atoms with Gasteiger partial charge in [0.15, 0.2) is 11.4 Å². The van der Waals surface area contributed by atoms with E-state index >= 15 is 0 Å². The van der Waals surface area contributed by atoms with Crippen LogP contribution in [0.25, 0.3) is 0 Å². The van der Waals surface area contributed by atoms with E-state index in [1.54, 1.807) is 0 Å². The van der Waals surface area contributed by atoms with E-state index in [1.165, 1.54) is 14.0 Å². The van der Waals surface area contributed by atoms with Crippen LogP contribution >= 0.6 is 0 Å². The van der Waals surface area contributed by atoms with Gasteiger partial charge < -0.3 is 5.32 Å². The highest BCUT2D eigenvalue weighted by molar-refractivity contribution is 5.92. The van der Waals surface area contributed by atoms with Crippen molar-refractivity contribution in [3.05, 3.63) is 34.9 Å². The molecule has 0 radical (unpaired) electrons. The van der Waals surface area contributed by atoms with Crippen molar-refractivity contribution in [2.24, 2.45) is 14.1 Å². The van der Waals surface area contributed by atoms with Crippen LogP contribution in [0.1, 0.15) is 40.5 Å². The van der Waals surface area contributed by atoms with Crippen LogP contribution in [0.4, 0.5) is 26.3 Å². The van der Waals surface area contributed by atoms with E-state index < -0.39 is 35.7 Å². The minimum atomic E-state index is -4.72. The van der Waals surface area contributed by atoms with Crippen molar-refractivity contribution < 1.29 is 31.1 Å². The van der Waals surface area contributed by atoms with E-state index in [2.05, 4.69) is 15.5 Å². The summed E-state index contributed by atoms with van der Waals surface area (Å²) >= 11 is 0. The van der Waals surface area contributed by atoms with Crippen LogP contribution in [0.3, 0.4) is 0 Å². The molecule has 2 rings (SSSR count). The summed E-state index contributed by atoms with van der Waals surface area (Å²) in [6.07, 6.45) is -9.37. The fourth-order valence-corrected chi connectivity index (χ4v) is 2.19. The Balaban J connectivity index is 2.21. The molecule has 0 aromatic carbocycles. The summed E-state index contributed by atoms with van der Waals surface area (Å²) in [6, 6.07) is 0.396. The number of alkyl halides is 6. The Hall–Kier alpha value is -2.53. The number of halogens is 6. The molecule has 0 saturated carbocycles. The highest BCUT2D eigenvalue weighted by Crippen LogP contribution is 2.30. The molecule has 12 heteroatoms. The van der Waals surface area contributed by atoms with Gasteiger partial charge in [-0.1, -0.05) is 0 Å². The van der Waals surface area contributed by atoms with Crippen LogP contribution in [0, 0.1) is 0 Å². The van der Waals surface area contributed by atoms with E-state index in [-0.39, 0.29) is 11.4 Å². The van der Waals surface area contributed by atoms with Crippen LogP contribution < -0.4 is 5.32 Å². The SMILES string of the molecule is CC(NC(=O)c1cc(C(F)(F)F)nn1C)c1cc(C(F)(F)F)nn1C. The highest BCUT2D eigenvalue weighted by atomic mass is 19.4. The van der Waals surface area contributed by atoms with Gasteiger partial charge in [-0.15, -0.1) is 0 Å². The first-order valence-corrected chi connectivity index (χ1v) is 6.84. The number of amides is 1. The number of rotatable bonds is 3. The van der Waals surface area contributed by atoms with Crippen molar-refractivity contribution in [1.29, 1.82) is 0 Å². The largest absolute Gasteiger partial charge is 0.435 e. The third-order valence-corrected chi connectivity index (χ3v) is 3.40. The lowest BCUT2D eigenvalue weighted by atomic mass is 10.2. The van der Waals surface area contributed by atoms with Crippen LogP contribution in [-0.2, 0) is 26.4 Å². The molecule has 1 unspecified atom stereocenters. The van der Waals surface area contributed by atoms with Crippen LogP contribution in [0.2, 0.25) is 0 Å². The van der Waals surface area contributed by atoms with Crippen molar-refractivity contribution in [2.75, 3.05) is 0 Å². The molecule has 1 atom stereocenters. The number of carbonyl (C=O) groups is 1. The second-order valence-corrected chi connectivity index (χ2v) is 5.31. The molecule has 0 aliphatic heterocycles. The van der Waals surface area contributed by atoms with Gasteiger partial charge >= 0.3 is 12.4 Å². The van der Waals surface area contributed by atoms with Crippen LogP contribution in [0.5, 0.6) is 0 Å². The Kier molecular flexibility index (Phi) is 4.57. The maximum absolute atomic E-state index is 12.7. The maximum atomic E-state index is 12.7. The van der Waals surface area contributed by atoms with E-state index in [4.69, 9.17) is 0 Å². The summed E-state index contributed by atoms with van der Waals surface area (Å²) in [4.78, 5) is 12.1. The minimum absolute atomic E-state index is 0.0406. The normalized spacial score (nSPS) is 13.8. The fraction of sp³-hybridized carbons (Fsp3) is 0.462. The number of carbonyl (C=O) groups excluding carboxylic acids is 1. The number of nitrogens with one attached hydrogen (secondary N) is 1. The highest BCUT2D eigenvalue weighted by Gasteiger charge is 2.36. The molecular weight excluding hydrogens is 356 g/mol. The molecule has 0 saturated heterocycles. The number of nitrogens with zero attached hydrogens (tertiary/aromatic N) is 4. The van der Waals surface area contributed by atoms with Crippen molar-refractivity contribution in [3.63, 3.8) is 0 Å². The molecule has 0 bridgehead atoms. The molecule has 2 heterocycles. The predicted octanol–water partition coefficient (Wildman–Crippen LogP) is 2.68. The average Bonchev–Trinajstić information content (AvgIpc) is 3.01. The summed E-state index contributed by atoms with van der Waals surface area (Å²) in [5.74, 6) is -0.909. The Morgan fingerprint density at radius 1 is 1.00 bits per heavy atom. The van der Waals surface area contributed by atoms with Gasteiger partial charge in [-0.25, -0.2) is 0 Å². The Labute approximate surface area is 137 Å². The lowest BCUT2D eigenvalue weighted by Crippen LogP contribution is -2.29. The lowest BCUT2D eigenvalue weighted by molar-refractivity contribution is -0.142. The van der Waals surface area contributed by atoms with E-state index in [1.807, 2.05) is 0 Å². The first-order valence-electron chi connectivity index (χ1n) is 6.84. The molecule has 0 aliphatic rings. The summed E-state index contributed by atoms with van der Waals surface area (Å²) in [5, 5.41) is 8.84. The first-order chi connectivity index (χ1) is 11.3. The topological polar surface area (TPSA) is 64.7 Å². The Morgan fingerprint density at radius 2 is 1.48 bits per heavy atom. The maximum Gasteiger partial charge on any atom is 0.435 e. The van der Waals surface area contributed by atoms with Crippen LogP contribution in [-0.4, -0.2) is 25.5 Å². The standard InChI is InChI=1S/C13H13F6N5O/c1-6(7-4-9(12(14,15)16)21-23(7)2)20-11(25)8-5-10(13(17,18)19)22-24(8)3/h4-6H,1-3H3,(H,20,25). The molecule has 138 valence electrons. The monoisotopic (exact) mass is 369 g/mol. The lowest BCUT2D eigenvalue weighted by Gasteiger charge is -2.14. The van der Waals surface area contributed by atoms with Crippen molar-refractivity contribution in [3.8, 4) is 0 Å². The molecular formula is C13H13F6N5O. The van der Waals surface area contributed by atoms with Gasteiger partial charge in [-0.05, 0) is 13.0 Å². The quantitative estimate of drug-likeness (QED) is 0.847. The predicted molar refractivity (Wildman–Crippen MR) is 72.3 cm³/mol. The van der Waals surface area contributed by atoms with Gasteiger partial charge in [0, 0.05) is 20.2 Å². The molecule has 1 amide bonds. The Bertz CT molecular complexity index is 788. The zero-order valence-corrected chi connectivity index (χ0v) is 13.2. The van der Waals surface area contributed by atoms with E-state index in [0.717, 1.165) is 22.5 Å². The second-order valence-electron chi connectivity index (χ2n) is 5.31. The average molecular weight is 369 g/mol. The van der Waals surface area contributed by atoms with Crippen molar-refractivity contribution in [2.45, 2.75) is 25.3 Å². The minimum Gasteiger partial charge on any atom is -0.343 e. The summed E-state index contributed by atoms with van der Waals surface area (Å²) in [5.41, 5.74) is -2.71. The van der Waals surface area contributed by atoms with Gasteiger partial charge in [0.05, 0.1) is 11.7 Å². The van der Waals surface area contributed by atoms with Crippen molar-refractivity contribution in [1.82, 2.24) is 24.9 Å². The Morgan fingerprint density at radius 3 is 1.92 bits per heavy atom. The molecule has 2 aromatic heterocycles. The van der Waals surface area contributed by atoms with Gasteiger partial charge in [0.2, 0.25) is 0 Å². The fourth-order valence-electron chi connectivity index (χ4n) is 2.19. The van der Waals surface area contributed by atoms with Crippen molar-refractivity contribution >= 4 is 5.91 Å². The van der Waals surface area contributed by atoms with Gasteiger partial charge in [-0.3, -0.25) is 14.2 Å². The van der Waals surface area contributed by atoms with E-state index in [9.17, 15) is 31.1 Å². The smallest absolute Gasteiger partial charge is 0.343 e. The third kappa shape index (κ3) is 3.94. The molecule has 0 fully saturated rings. The number of hydrogen-bond acceptors (Lipinski definition) is 3. The second kappa shape index (κ2) is 6.08. The number of aromatic nitrogens is 4. The summed E-state index contributed by atoms with van der Waals surface area (Å²) < 4.78 is 77.5. The zero-order chi connectivity index (χ0) is 19.2. The number of aryl methyl sites for hydroxylation is 2. The molecule has 1 N–H and O–H groups in total. The van der Waals surface area contributed by atoms with Gasteiger partial charge in [-0.2, -0.15) is 36.5 Å². The van der Waals surface area contributed by atoms with Gasteiger partial charge in [0.25, 0.3) is 5.91 Å². The van der Waals surface area contributed by atoms with E-state index in [0.29, 0.717) is 6.07 Å². The molecule has 2 aromatic rings. The van der Waals surface area contributed by atoms with Crippen LogP contribution in [0.15, 0.2) is 12.1 Å². The van der Waals surface area contributed by atoms with Gasteiger partial charge in [0.1, 0.15) is 5.69 Å². The molecule has 0 aliphatic carbocycles. The summed E-state index contributed by atoms with van der Waals surface area (Å²) in [7, 11) is 2.42. The summed E-state index contributed by atoms with van der Waals surface area (Å²) in [6.45, 7) is 1.39. The third-order valence-electron chi connectivity index (χ3n) is 3.40.